The van der Waals surface area contributed by atoms with E-state index in [-0.39, 0.29) is 5.91 Å². The van der Waals surface area contributed by atoms with Gasteiger partial charge in [0, 0.05) is 49.6 Å². The lowest BCUT2D eigenvalue weighted by Crippen LogP contribution is -2.35. The van der Waals surface area contributed by atoms with E-state index < -0.39 is 0 Å². The van der Waals surface area contributed by atoms with Crippen LogP contribution in [0, 0.1) is 5.92 Å². The maximum atomic E-state index is 11.6. The first-order valence-corrected chi connectivity index (χ1v) is 10.3. The van der Waals surface area contributed by atoms with E-state index in [1.54, 1.807) is 6.92 Å². The lowest BCUT2D eigenvalue weighted by atomic mass is 9.96. The average molecular weight is 351 g/mol. The molecule has 1 aliphatic rings. The second-order valence-electron chi connectivity index (χ2n) is 7.68. The summed E-state index contributed by atoms with van der Waals surface area (Å²) in [6.45, 7) is 15.0. The number of aromatic nitrogens is 1. The number of nitrogens with zero attached hydrogens (tertiary/aromatic N) is 2. The van der Waals surface area contributed by atoms with E-state index in [2.05, 4.69) is 63.2 Å². The van der Waals surface area contributed by atoms with E-state index in [0.29, 0.717) is 17.2 Å². The van der Waals surface area contributed by atoms with Crippen molar-refractivity contribution in [2.24, 2.45) is 5.92 Å². The lowest BCUT2D eigenvalue weighted by molar-refractivity contribution is -0.129. The Morgan fingerprint density at radius 2 is 1.92 bits per heavy atom. The zero-order chi connectivity index (χ0) is 17.9. The number of hydrogen-bond acceptors (Lipinski definition) is 2. The summed E-state index contributed by atoms with van der Waals surface area (Å²) >= 11 is 2.09. The Labute approximate surface area is 152 Å². The number of hydrogen-bond donors (Lipinski definition) is 0. The predicted octanol–water partition coefficient (Wildman–Crippen LogP) is 4.90. The largest absolute Gasteiger partial charge is 0.348 e. The molecule has 24 heavy (non-hydrogen) atoms. The molecule has 0 radical (unpaired) electrons. The van der Waals surface area contributed by atoms with Gasteiger partial charge in [-0.15, -0.1) is 0 Å². The van der Waals surface area contributed by atoms with Crippen molar-refractivity contribution < 1.29 is 4.79 Å². The molecular weight excluding hydrogens is 316 g/mol. The van der Waals surface area contributed by atoms with Crippen LogP contribution in [0.15, 0.2) is 12.3 Å². The van der Waals surface area contributed by atoms with Crippen LogP contribution in [-0.4, -0.2) is 32.4 Å². The number of thioether (sulfide) groups is 1. The fourth-order valence-corrected chi connectivity index (χ4v) is 4.88. The Morgan fingerprint density at radius 1 is 1.21 bits per heavy atom. The minimum Gasteiger partial charge on any atom is -0.348 e. The van der Waals surface area contributed by atoms with Crippen LogP contribution in [0.3, 0.4) is 0 Å². The third kappa shape index (κ3) is 4.81. The van der Waals surface area contributed by atoms with Crippen LogP contribution in [0.5, 0.6) is 0 Å². The number of rotatable bonds is 7. The molecule has 1 amide bonds. The third-order valence-electron chi connectivity index (χ3n) is 5.34. The first-order chi connectivity index (χ1) is 11.3. The molecule has 0 aromatic carbocycles. The topological polar surface area (TPSA) is 25.2 Å². The summed E-state index contributed by atoms with van der Waals surface area (Å²) in [5.74, 6) is 0.856. The van der Waals surface area contributed by atoms with Crippen molar-refractivity contribution in [3.63, 3.8) is 0 Å². The van der Waals surface area contributed by atoms with Gasteiger partial charge in [-0.05, 0) is 42.6 Å². The zero-order valence-corrected chi connectivity index (χ0v) is 17.0. The summed E-state index contributed by atoms with van der Waals surface area (Å²) in [7, 11) is 0. The van der Waals surface area contributed by atoms with E-state index in [4.69, 9.17) is 0 Å². The monoisotopic (exact) mass is 350 g/mol. The Balaban J connectivity index is 1.96. The van der Waals surface area contributed by atoms with E-state index in [0.717, 1.165) is 24.8 Å². The minimum absolute atomic E-state index is 0.187. The minimum atomic E-state index is 0.187. The van der Waals surface area contributed by atoms with E-state index >= 15 is 0 Å². The second kappa shape index (κ2) is 8.46. The first kappa shape index (κ1) is 19.4. The van der Waals surface area contributed by atoms with Gasteiger partial charge in [0.25, 0.3) is 0 Å². The van der Waals surface area contributed by atoms with E-state index in [1.807, 2.05) is 4.90 Å². The molecule has 0 saturated heterocycles. The van der Waals surface area contributed by atoms with Gasteiger partial charge in [0.2, 0.25) is 5.91 Å². The molecule has 3 nitrogen and oxygen atoms in total. The Hall–Kier alpha value is -0.900. The van der Waals surface area contributed by atoms with Crippen LogP contribution in [0.4, 0.5) is 0 Å². The Bertz CT molecular complexity index is 552. The number of carbonyl (C=O) groups excluding carboxylic acids is 1. The van der Waals surface area contributed by atoms with Crippen LogP contribution in [0.2, 0.25) is 0 Å². The Kier molecular flexibility index (Phi) is 6.85. The number of carbonyl (C=O) groups is 1. The Morgan fingerprint density at radius 3 is 2.54 bits per heavy atom. The number of amides is 1. The molecule has 0 bridgehead atoms. The van der Waals surface area contributed by atoms with Gasteiger partial charge in [0.05, 0.1) is 0 Å². The van der Waals surface area contributed by atoms with Gasteiger partial charge < -0.3 is 9.47 Å². The molecule has 1 aromatic heterocycles. The molecular formula is C20H34N2OS. The van der Waals surface area contributed by atoms with Crippen LogP contribution < -0.4 is 0 Å². The second-order valence-corrected chi connectivity index (χ2v) is 9.70. The van der Waals surface area contributed by atoms with Crippen molar-refractivity contribution in [2.45, 2.75) is 83.9 Å². The summed E-state index contributed by atoms with van der Waals surface area (Å²) in [5.41, 5.74) is 2.77. The average Bonchev–Trinajstić information content (AvgIpc) is 2.94. The van der Waals surface area contributed by atoms with E-state index in [9.17, 15) is 4.79 Å². The maximum absolute atomic E-state index is 11.6. The molecule has 136 valence electrons. The molecule has 0 aliphatic carbocycles. The highest BCUT2D eigenvalue weighted by Gasteiger charge is 2.24. The summed E-state index contributed by atoms with van der Waals surface area (Å²) in [5, 5.41) is 1.45. The van der Waals surface area contributed by atoms with Crippen LogP contribution >= 0.6 is 11.8 Å². The fraction of sp³-hybridized carbons (Fsp3) is 0.750. The third-order valence-corrected chi connectivity index (χ3v) is 6.58. The van der Waals surface area contributed by atoms with Crippen molar-refractivity contribution in [3.05, 3.63) is 23.5 Å². The maximum Gasteiger partial charge on any atom is 0.219 e. The highest BCUT2D eigenvalue weighted by molar-refractivity contribution is 8.00. The van der Waals surface area contributed by atoms with Gasteiger partial charge in [0.1, 0.15) is 0 Å². The van der Waals surface area contributed by atoms with Gasteiger partial charge in [-0.1, -0.05) is 27.7 Å². The predicted molar refractivity (Wildman–Crippen MR) is 105 cm³/mol. The van der Waals surface area contributed by atoms with Crippen LogP contribution in [-0.2, 0) is 17.8 Å². The number of fused-ring (bicyclic) bond motifs is 1. The lowest BCUT2D eigenvalue weighted by Gasteiger charge is -2.30. The van der Waals surface area contributed by atoms with Crippen molar-refractivity contribution in [1.29, 1.82) is 0 Å². The molecule has 1 aliphatic heterocycles. The van der Waals surface area contributed by atoms with Crippen molar-refractivity contribution in [3.8, 4) is 0 Å². The fourth-order valence-electron chi connectivity index (χ4n) is 3.68. The van der Waals surface area contributed by atoms with Gasteiger partial charge >= 0.3 is 0 Å². The first-order valence-electron chi connectivity index (χ1n) is 9.39. The normalized spacial score (nSPS) is 18.4. The standard InChI is InChI=1S/C20H34N2OS/c1-14(2)24-16(4)8-7-15(3)17(5)22-12-9-19-13-21(18(6)23)11-10-20(19)22/h9,12,14-17H,7-8,10-11,13H2,1-6H3/t15?,16?,17-/m1/s1. The summed E-state index contributed by atoms with van der Waals surface area (Å²) < 4.78 is 2.47. The molecule has 1 aromatic rings. The molecule has 2 unspecified atom stereocenters. The van der Waals surface area contributed by atoms with Gasteiger partial charge in [-0.25, -0.2) is 0 Å². The van der Waals surface area contributed by atoms with Crippen molar-refractivity contribution in [2.75, 3.05) is 6.54 Å². The van der Waals surface area contributed by atoms with Crippen LogP contribution in [0.25, 0.3) is 0 Å². The van der Waals surface area contributed by atoms with Crippen molar-refractivity contribution >= 4 is 17.7 Å². The van der Waals surface area contributed by atoms with Gasteiger partial charge in [0.15, 0.2) is 0 Å². The highest BCUT2D eigenvalue weighted by Crippen LogP contribution is 2.31. The summed E-state index contributed by atoms with van der Waals surface area (Å²) in [4.78, 5) is 13.5. The van der Waals surface area contributed by atoms with E-state index in [1.165, 1.54) is 24.1 Å². The molecule has 4 heteroatoms. The van der Waals surface area contributed by atoms with Gasteiger partial charge in [-0.3, -0.25) is 4.79 Å². The summed E-state index contributed by atoms with van der Waals surface area (Å²) in [6, 6.07) is 2.74. The van der Waals surface area contributed by atoms with Crippen molar-refractivity contribution in [1.82, 2.24) is 9.47 Å². The SMILES string of the molecule is CC(=O)N1CCc2c(ccn2[C@H](C)C(C)CCC(C)SC(C)C)C1. The molecule has 0 spiro atoms. The van der Waals surface area contributed by atoms with Gasteiger partial charge in [-0.2, -0.15) is 11.8 Å². The zero-order valence-electron chi connectivity index (χ0n) is 16.2. The van der Waals surface area contributed by atoms with Crippen LogP contribution in [0.1, 0.15) is 71.7 Å². The molecule has 2 heterocycles. The quantitative estimate of drug-likeness (QED) is 0.699. The molecule has 3 atom stereocenters. The molecule has 2 rings (SSSR count). The molecule has 0 fully saturated rings. The molecule has 0 N–H and O–H groups in total. The molecule has 0 saturated carbocycles. The highest BCUT2D eigenvalue weighted by atomic mass is 32.2. The smallest absolute Gasteiger partial charge is 0.219 e. The summed E-state index contributed by atoms with van der Waals surface area (Å²) in [6.07, 6.45) is 5.78.